The van der Waals surface area contributed by atoms with Gasteiger partial charge in [0.25, 0.3) is 0 Å². The minimum Gasteiger partial charge on any atom is -0.323 e. The van der Waals surface area contributed by atoms with Crippen molar-refractivity contribution in [2.24, 2.45) is 39.5 Å². The van der Waals surface area contributed by atoms with Crippen LogP contribution in [0.15, 0.2) is 5.18 Å². The first kappa shape index (κ1) is 15.1. The van der Waals surface area contributed by atoms with Crippen LogP contribution >= 0.6 is 0 Å². The molecule has 0 radical (unpaired) electrons. The lowest BCUT2D eigenvalue weighted by molar-refractivity contribution is -0.127. The van der Waals surface area contributed by atoms with Gasteiger partial charge in [-0.1, -0.05) is 38.3 Å². The normalized spacial score (nSPS) is 57.6. The summed E-state index contributed by atoms with van der Waals surface area (Å²) in [6.07, 6.45) is 12.6. The van der Waals surface area contributed by atoms with E-state index >= 15 is 0 Å². The predicted octanol–water partition coefficient (Wildman–Crippen LogP) is 4.64. The quantitative estimate of drug-likeness (QED) is 0.718. The first-order valence-electron chi connectivity index (χ1n) is 9.56. The molecule has 0 aromatic heterocycles. The van der Waals surface area contributed by atoms with Crippen LogP contribution in [0.5, 0.6) is 0 Å². The van der Waals surface area contributed by atoms with E-state index in [1.165, 1.54) is 57.8 Å². The molecule has 3 heteroatoms. The molecule has 2 N–H and O–H groups in total. The number of nitrogens with two attached hydrogens (primary N) is 1. The van der Waals surface area contributed by atoms with Gasteiger partial charge in [-0.25, -0.2) is 0 Å². The number of rotatable bonds is 1. The monoisotopic (exact) mass is 304 g/mol. The van der Waals surface area contributed by atoms with Gasteiger partial charge < -0.3 is 5.73 Å². The summed E-state index contributed by atoms with van der Waals surface area (Å²) < 4.78 is 0. The minimum absolute atomic E-state index is 0.142. The van der Waals surface area contributed by atoms with Gasteiger partial charge in [0, 0.05) is 5.54 Å². The van der Waals surface area contributed by atoms with Crippen LogP contribution in [-0.2, 0) is 0 Å². The van der Waals surface area contributed by atoms with Crippen molar-refractivity contribution in [3.05, 3.63) is 4.91 Å². The van der Waals surface area contributed by atoms with Crippen LogP contribution in [0.3, 0.4) is 0 Å². The Morgan fingerprint density at radius 2 is 1.77 bits per heavy atom. The largest absolute Gasteiger partial charge is 0.323 e. The third-order valence-corrected chi connectivity index (χ3v) is 8.75. The maximum Gasteiger partial charge on any atom is 0.111 e. The zero-order chi connectivity index (χ0) is 15.6. The lowest BCUT2D eigenvalue weighted by atomic mass is 9.41. The van der Waals surface area contributed by atoms with E-state index in [0.717, 1.165) is 6.42 Å². The Labute approximate surface area is 134 Å². The standard InChI is InChI=1S/C19H32N2O/c1-17-9-5-7-14(17)19(20)15(8-11-17)18(2)10-4-3-6-13(18)12-16(19)21-22/h13-16H,3-12,20H2,1-2H3. The van der Waals surface area contributed by atoms with Gasteiger partial charge in [-0.15, -0.1) is 0 Å². The molecular formula is C19H32N2O. The summed E-state index contributed by atoms with van der Waals surface area (Å²) in [5.74, 6) is 1.70. The summed E-state index contributed by atoms with van der Waals surface area (Å²) in [5, 5.41) is 3.64. The summed E-state index contributed by atoms with van der Waals surface area (Å²) in [7, 11) is 0. The van der Waals surface area contributed by atoms with E-state index in [-0.39, 0.29) is 11.6 Å². The van der Waals surface area contributed by atoms with Crippen LogP contribution in [0.4, 0.5) is 0 Å². The van der Waals surface area contributed by atoms with Crippen LogP contribution in [0.1, 0.15) is 78.1 Å². The van der Waals surface area contributed by atoms with Crippen molar-refractivity contribution in [3.8, 4) is 0 Å². The van der Waals surface area contributed by atoms with Gasteiger partial charge in [0.2, 0.25) is 0 Å². The molecule has 0 bridgehead atoms. The molecule has 0 amide bonds. The van der Waals surface area contributed by atoms with E-state index in [1.807, 2.05) is 0 Å². The highest BCUT2D eigenvalue weighted by Crippen LogP contribution is 2.67. The summed E-state index contributed by atoms with van der Waals surface area (Å²) in [4.78, 5) is 11.8. The van der Waals surface area contributed by atoms with Crippen molar-refractivity contribution in [1.82, 2.24) is 0 Å². The number of fused-ring (bicyclic) bond motifs is 5. The lowest BCUT2D eigenvalue weighted by Gasteiger charge is -2.65. The van der Waals surface area contributed by atoms with Gasteiger partial charge in [-0.05, 0) is 73.5 Å². The Hall–Kier alpha value is -0.440. The lowest BCUT2D eigenvalue weighted by Crippen LogP contribution is -2.72. The number of nitroso groups, excluding NO2 is 1. The molecule has 4 fully saturated rings. The highest BCUT2D eigenvalue weighted by molar-refractivity contribution is 5.21. The number of hydrogen-bond donors (Lipinski definition) is 1. The molecule has 0 spiro atoms. The van der Waals surface area contributed by atoms with Gasteiger partial charge in [0.15, 0.2) is 0 Å². The van der Waals surface area contributed by atoms with Gasteiger partial charge in [0.1, 0.15) is 6.04 Å². The molecule has 4 aliphatic rings. The Bertz CT molecular complexity index is 480. The average molecular weight is 304 g/mol. The second-order valence-electron chi connectivity index (χ2n) is 9.50. The Balaban J connectivity index is 1.79. The fourth-order valence-corrected chi connectivity index (χ4v) is 7.60. The molecule has 0 aromatic rings. The second kappa shape index (κ2) is 4.78. The van der Waals surface area contributed by atoms with E-state index < -0.39 is 0 Å². The molecule has 0 heterocycles. The molecule has 124 valence electrons. The predicted molar refractivity (Wildman–Crippen MR) is 89.4 cm³/mol. The maximum atomic E-state index is 11.8. The molecule has 7 atom stereocenters. The molecular weight excluding hydrogens is 272 g/mol. The molecule has 22 heavy (non-hydrogen) atoms. The summed E-state index contributed by atoms with van der Waals surface area (Å²) in [5.41, 5.74) is 7.59. The van der Waals surface area contributed by atoms with E-state index in [9.17, 15) is 4.91 Å². The van der Waals surface area contributed by atoms with Crippen LogP contribution < -0.4 is 5.73 Å². The highest BCUT2D eigenvalue weighted by atomic mass is 16.3. The van der Waals surface area contributed by atoms with Crippen molar-refractivity contribution in [3.63, 3.8) is 0 Å². The smallest absolute Gasteiger partial charge is 0.111 e. The fourth-order valence-electron chi connectivity index (χ4n) is 7.60. The minimum atomic E-state index is -0.326. The van der Waals surface area contributed by atoms with Gasteiger partial charge in [-0.3, -0.25) is 0 Å². The van der Waals surface area contributed by atoms with Crippen molar-refractivity contribution in [2.45, 2.75) is 89.6 Å². The summed E-state index contributed by atoms with van der Waals surface area (Å²) >= 11 is 0. The number of nitrogens with zero attached hydrogens (tertiary/aromatic N) is 1. The molecule has 0 saturated heterocycles. The van der Waals surface area contributed by atoms with Crippen LogP contribution in [0, 0.1) is 33.5 Å². The van der Waals surface area contributed by atoms with Crippen molar-refractivity contribution < 1.29 is 0 Å². The Morgan fingerprint density at radius 1 is 0.955 bits per heavy atom. The van der Waals surface area contributed by atoms with Crippen molar-refractivity contribution in [2.75, 3.05) is 0 Å². The number of hydrogen-bond acceptors (Lipinski definition) is 3. The molecule has 4 rings (SSSR count). The van der Waals surface area contributed by atoms with E-state index in [0.29, 0.717) is 28.6 Å². The van der Waals surface area contributed by atoms with Gasteiger partial charge in [0.05, 0.1) is 0 Å². The maximum absolute atomic E-state index is 11.8. The van der Waals surface area contributed by atoms with E-state index in [2.05, 4.69) is 19.0 Å². The average Bonchev–Trinajstić information content (AvgIpc) is 2.89. The molecule has 0 aliphatic heterocycles. The van der Waals surface area contributed by atoms with Crippen molar-refractivity contribution in [1.29, 1.82) is 0 Å². The summed E-state index contributed by atoms with van der Waals surface area (Å²) in [6.45, 7) is 4.94. The third kappa shape index (κ3) is 1.72. The van der Waals surface area contributed by atoms with Crippen LogP contribution in [0.2, 0.25) is 0 Å². The van der Waals surface area contributed by atoms with Crippen LogP contribution in [-0.4, -0.2) is 11.6 Å². The SMILES string of the molecule is CC12CCCC1C1(N)C(N=O)CC3CCCCC3(C)C1CC2. The summed E-state index contributed by atoms with van der Waals surface area (Å²) in [6, 6.07) is -0.142. The molecule has 0 aromatic carbocycles. The fraction of sp³-hybridized carbons (Fsp3) is 1.00. The van der Waals surface area contributed by atoms with E-state index in [4.69, 9.17) is 5.73 Å². The molecule has 4 saturated carbocycles. The van der Waals surface area contributed by atoms with Crippen molar-refractivity contribution >= 4 is 0 Å². The topological polar surface area (TPSA) is 55.4 Å². The van der Waals surface area contributed by atoms with E-state index in [1.54, 1.807) is 0 Å². The third-order valence-electron chi connectivity index (χ3n) is 8.75. The second-order valence-corrected chi connectivity index (χ2v) is 9.50. The van der Waals surface area contributed by atoms with Gasteiger partial charge in [-0.2, -0.15) is 4.91 Å². The molecule has 7 unspecified atom stereocenters. The first-order valence-corrected chi connectivity index (χ1v) is 9.56. The first-order chi connectivity index (χ1) is 10.4. The highest BCUT2D eigenvalue weighted by Gasteiger charge is 2.67. The zero-order valence-corrected chi connectivity index (χ0v) is 14.3. The van der Waals surface area contributed by atoms with Gasteiger partial charge >= 0.3 is 0 Å². The van der Waals surface area contributed by atoms with Crippen LogP contribution in [0.25, 0.3) is 0 Å². The Morgan fingerprint density at radius 3 is 2.55 bits per heavy atom. The molecule has 3 nitrogen and oxygen atoms in total. The zero-order valence-electron chi connectivity index (χ0n) is 14.3. The Kier molecular flexibility index (Phi) is 3.28. The molecule has 4 aliphatic carbocycles.